The smallest absolute Gasteiger partial charge is 0.375 e. The molecule has 1 saturated heterocycles. The van der Waals surface area contributed by atoms with Crippen molar-refractivity contribution in [2.24, 2.45) is 5.92 Å². The van der Waals surface area contributed by atoms with Crippen molar-refractivity contribution >= 4 is 5.97 Å². The Kier molecular flexibility index (Phi) is 2.45. The normalized spacial score (nSPS) is 21.3. The molecule has 0 bridgehead atoms. The standard InChI is InChI=1S/C8H11N3O3/c12-8(13)7-9-5-11(10-7)3-6-1-2-14-4-6/h5-6H,1-4H2,(H,12,13). The summed E-state index contributed by atoms with van der Waals surface area (Å²) in [6.07, 6.45) is 2.45. The van der Waals surface area contributed by atoms with Crippen LogP contribution >= 0.6 is 0 Å². The molecular formula is C8H11N3O3. The van der Waals surface area contributed by atoms with Crippen LogP contribution in [0.3, 0.4) is 0 Å². The molecule has 1 fully saturated rings. The summed E-state index contributed by atoms with van der Waals surface area (Å²) in [4.78, 5) is 14.2. The fraction of sp³-hybridized carbons (Fsp3) is 0.625. The molecule has 1 aromatic rings. The molecule has 1 aliphatic heterocycles. The first-order chi connectivity index (χ1) is 6.75. The highest BCUT2D eigenvalue weighted by Gasteiger charge is 2.17. The van der Waals surface area contributed by atoms with Crippen LogP contribution in [-0.4, -0.2) is 39.1 Å². The quantitative estimate of drug-likeness (QED) is 0.738. The molecule has 0 amide bonds. The van der Waals surface area contributed by atoms with Crippen molar-refractivity contribution in [3.63, 3.8) is 0 Å². The largest absolute Gasteiger partial charge is 0.475 e. The van der Waals surface area contributed by atoms with Gasteiger partial charge in [0, 0.05) is 19.1 Å². The molecule has 1 aromatic heterocycles. The summed E-state index contributed by atoms with van der Waals surface area (Å²) in [5, 5.41) is 12.4. The van der Waals surface area contributed by atoms with E-state index in [1.165, 1.54) is 6.33 Å². The summed E-state index contributed by atoms with van der Waals surface area (Å²) >= 11 is 0. The molecule has 2 rings (SSSR count). The van der Waals surface area contributed by atoms with E-state index in [2.05, 4.69) is 10.1 Å². The zero-order valence-corrected chi connectivity index (χ0v) is 7.59. The number of aromatic nitrogens is 3. The van der Waals surface area contributed by atoms with Crippen molar-refractivity contribution in [3.05, 3.63) is 12.2 Å². The van der Waals surface area contributed by atoms with E-state index < -0.39 is 5.97 Å². The molecule has 6 nitrogen and oxygen atoms in total. The Hall–Kier alpha value is -1.43. The topological polar surface area (TPSA) is 77.2 Å². The van der Waals surface area contributed by atoms with Gasteiger partial charge in [0.2, 0.25) is 0 Å². The van der Waals surface area contributed by atoms with Crippen molar-refractivity contribution in [2.75, 3.05) is 13.2 Å². The van der Waals surface area contributed by atoms with Gasteiger partial charge in [-0.1, -0.05) is 0 Å². The van der Waals surface area contributed by atoms with Crippen LogP contribution in [0.4, 0.5) is 0 Å². The van der Waals surface area contributed by atoms with E-state index in [0.29, 0.717) is 12.5 Å². The van der Waals surface area contributed by atoms with Gasteiger partial charge in [-0.15, -0.1) is 5.10 Å². The zero-order chi connectivity index (χ0) is 9.97. The molecule has 6 heteroatoms. The van der Waals surface area contributed by atoms with Gasteiger partial charge in [0.25, 0.3) is 5.82 Å². The summed E-state index contributed by atoms with van der Waals surface area (Å²) in [5.41, 5.74) is 0. The summed E-state index contributed by atoms with van der Waals surface area (Å²) in [6.45, 7) is 2.19. The van der Waals surface area contributed by atoms with Crippen molar-refractivity contribution in [3.8, 4) is 0 Å². The maximum Gasteiger partial charge on any atom is 0.375 e. The van der Waals surface area contributed by atoms with E-state index in [9.17, 15) is 4.79 Å². The first-order valence-electron chi connectivity index (χ1n) is 4.46. The van der Waals surface area contributed by atoms with Crippen LogP contribution in [-0.2, 0) is 11.3 Å². The van der Waals surface area contributed by atoms with Gasteiger partial charge in [-0.2, -0.15) is 0 Å². The summed E-state index contributed by atoms with van der Waals surface area (Å²) in [6, 6.07) is 0. The second-order valence-electron chi connectivity index (χ2n) is 3.32. The van der Waals surface area contributed by atoms with Gasteiger partial charge in [0.05, 0.1) is 6.61 Å². The van der Waals surface area contributed by atoms with Crippen LogP contribution in [0.15, 0.2) is 6.33 Å². The Bertz CT molecular complexity index is 330. The number of aromatic carboxylic acids is 1. The van der Waals surface area contributed by atoms with Gasteiger partial charge in [-0.25, -0.2) is 9.78 Å². The lowest BCUT2D eigenvalue weighted by molar-refractivity contribution is 0.0683. The number of rotatable bonds is 3. The van der Waals surface area contributed by atoms with E-state index in [-0.39, 0.29) is 5.82 Å². The maximum absolute atomic E-state index is 10.5. The lowest BCUT2D eigenvalue weighted by Crippen LogP contribution is -2.11. The molecule has 1 aliphatic rings. The molecule has 0 aliphatic carbocycles. The molecule has 1 atom stereocenters. The fourth-order valence-electron chi connectivity index (χ4n) is 1.47. The van der Waals surface area contributed by atoms with Crippen LogP contribution in [0.2, 0.25) is 0 Å². The van der Waals surface area contributed by atoms with Crippen molar-refractivity contribution in [1.29, 1.82) is 0 Å². The molecule has 76 valence electrons. The fourth-order valence-corrected chi connectivity index (χ4v) is 1.47. The number of ether oxygens (including phenoxy) is 1. The monoisotopic (exact) mass is 197 g/mol. The third kappa shape index (κ3) is 1.90. The number of carboxylic acid groups (broad SMARTS) is 1. The highest BCUT2D eigenvalue weighted by molar-refractivity contribution is 5.82. The minimum atomic E-state index is -1.09. The van der Waals surface area contributed by atoms with Crippen LogP contribution < -0.4 is 0 Å². The predicted molar refractivity (Wildman–Crippen MR) is 45.9 cm³/mol. The highest BCUT2D eigenvalue weighted by Crippen LogP contribution is 2.13. The minimum Gasteiger partial charge on any atom is -0.475 e. The van der Waals surface area contributed by atoms with E-state index in [1.54, 1.807) is 4.68 Å². The first-order valence-corrected chi connectivity index (χ1v) is 4.46. The van der Waals surface area contributed by atoms with Gasteiger partial charge in [0.1, 0.15) is 6.33 Å². The lowest BCUT2D eigenvalue weighted by Gasteiger charge is -2.05. The molecule has 0 saturated carbocycles. The van der Waals surface area contributed by atoms with Gasteiger partial charge < -0.3 is 9.84 Å². The lowest BCUT2D eigenvalue weighted by atomic mass is 10.1. The molecule has 14 heavy (non-hydrogen) atoms. The number of carboxylic acids is 1. The molecular weight excluding hydrogens is 186 g/mol. The molecule has 0 spiro atoms. The zero-order valence-electron chi connectivity index (χ0n) is 7.59. The van der Waals surface area contributed by atoms with Gasteiger partial charge in [0.15, 0.2) is 0 Å². The van der Waals surface area contributed by atoms with Crippen LogP contribution in [0.5, 0.6) is 0 Å². The number of hydrogen-bond acceptors (Lipinski definition) is 4. The first kappa shape index (κ1) is 9.14. The second kappa shape index (κ2) is 3.75. The predicted octanol–water partition coefficient (Wildman–Crippen LogP) is 0.0128. The second-order valence-corrected chi connectivity index (χ2v) is 3.32. The Morgan fingerprint density at radius 3 is 3.21 bits per heavy atom. The maximum atomic E-state index is 10.5. The molecule has 2 heterocycles. The molecule has 0 radical (unpaired) electrons. The van der Waals surface area contributed by atoms with Crippen LogP contribution in [0, 0.1) is 5.92 Å². The Balaban J connectivity index is 1.98. The summed E-state index contributed by atoms with van der Waals surface area (Å²) < 4.78 is 6.76. The van der Waals surface area contributed by atoms with E-state index in [4.69, 9.17) is 9.84 Å². The third-order valence-corrected chi connectivity index (χ3v) is 2.20. The number of hydrogen-bond donors (Lipinski definition) is 1. The average Bonchev–Trinajstić information content (AvgIpc) is 2.75. The Morgan fingerprint density at radius 2 is 2.64 bits per heavy atom. The highest BCUT2D eigenvalue weighted by atomic mass is 16.5. The van der Waals surface area contributed by atoms with Gasteiger partial charge in [-0.3, -0.25) is 4.68 Å². The molecule has 0 aromatic carbocycles. The Morgan fingerprint density at radius 1 is 1.79 bits per heavy atom. The van der Waals surface area contributed by atoms with E-state index >= 15 is 0 Å². The molecule has 1 N–H and O–H groups in total. The Labute approximate surface area is 80.5 Å². The average molecular weight is 197 g/mol. The van der Waals surface area contributed by atoms with Crippen LogP contribution in [0.1, 0.15) is 17.0 Å². The van der Waals surface area contributed by atoms with Gasteiger partial charge in [-0.05, 0) is 6.42 Å². The third-order valence-electron chi connectivity index (χ3n) is 2.20. The summed E-state index contributed by atoms with van der Waals surface area (Å²) in [5.74, 6) is -0.811. The van der Waals surface area contributed by atoms with E-state index in [1.807, 2.05) is 0 Å². The van der Waals surface area contributed by atoms with Crippen LogP contribution in [0.25, 0.3) is 0 Å². The van der Waals surface area contributed by atoms with Crippen molar-refractivity contribution < 1.29 is 14.6 Å². The van der Waals surface area contributed by atoms with Crippen molar-refractivity contribution in [2.45, 2.75) is 13.0 Å². The van der Waals surface area contributed by atoms with Crippen molar-refractivity contribution in [1.82, 2.24) is 14.8 Å². The van der Waals surface area contributed by atoms with E-state index in [0.717, 1.165) is 19.6 Å². The minimum absolute atomic E-state index is 0.149. The number of carbonyl (C=O) groups is 1. The van der Waals surface area contributed by atoms with Gasteiger partial charge >= 0.3 is 5.97 Å². The summed E-state index contributed by atoms with van der Waals surface area (Å²) in [7, 11) is 0. The number of nitrogens with zero attached hydrogens (tertiary/aromatic N) is 3. The molecule has 1 unspecified atom stereocenters. The SMILES string of the molecule is O=C(O)c1ncn(CC2CCOC2)n1.